The number of halogens is 2. The summed E-state index contributed by atoms with van der Waals surface area (Å²) in [6.45, 7) is 78.9. The van der Waals surface area contributed by atoms with Gasteiger partial charge in [0.2, 0.25) is 5.91 Å². The van der Waals surface area contributed by atoms with Gasteiger partial charge in [-0.15, -0.1) is 35.1 Å². The standard InChI is InChI=1S/C24H32N2O.C18H25N3S.C16H20N2.C14H22ClNOS.C14H18FNO2/c1-11-26-22-17(7)13(3)12(2)16(6)21(22)25-24(26)20-14(4)18(8)23(27-10)19(9)15(20)5;1-8-21-17-12(5)10(3)9(2)11(4)15(17)20-18(21)16-13(6)22-14(7)19-16;1-8-18-13(6)11(4)14-12(5)15(17-7)9(2)10(3)16(14)18;1-6-16-12-8(3)7(2)11(15)9(4)13(12)18-10(5)14(16)17;1-6-16-12-9(4)11(15)7(2)8(3)13(12)18-10(5)14(16)17/h11H2,1-10H3;13,16H,8H2,1-7H3;8H2,1-6H3;7-11H,6H2,1-5H3;10H,6H2,1-5H3. The van der Waals surface area contributed by atoms with Crippen molar-refractivity contribution in [2.45, 2.75) is 269 Å². The normalized spacial score (nSPS) is 20.0. The summed E-state index contributed by atoms with van der Waals surface area (Å²) in [7, 11) is 1.76. The lowest BCUT2D eigenvalue weighted by molar-refractivity contribution is -0.129. The number of nitrogens with zero attached hydrogens (tertiary/aromatic N) is 9. The van der Waals surface area contributed by atoms with Crippen molar-refractivity contribution in [3.05, 3.63) is 145 Å². The molecule has 8 atom stereocenters. The van der Waals surface area contributed by atoms with E-state index in [1.165, 1.54) is 127 Å². The van der Waals surface area contributed by atoms with Crippen molar-refractivity contribution >= 4 is 96.3 Å². The molecule has 6 heterocycles. The Hall–Kier alpha value is -7.06. The summed E-state index contributed by atoms with van der Waals surface area (Å²) in [5.41, 5.74) is 33.8. The lowest BCUT2D eigenvalue weighted by Gasteiger charge is -2.46. The van der Waals surface area contributed by atoms with Gasteiger partial charge in [0.25, 0.3) is 5.91 Å². The zero-order valence-electron chi connectivity index (χ0n) is 68.4. The number of fused-ring (bicyclic) bond motifs is 4. The maximum Gasteiger partial charge on any atom is 0.267 e. The maximum atomic E-state index is 14.1. The number of thioether (sulfide) groups is 2. The summed E-state index contributed by atoms with van der Waals surface area (Å²) in [6, 6.07) is 0.178. The molecule has 0 radical (unpaired) electrons. The van der Waals surface area contributed by atoms with Gasteiger partial charge < -0.3 is 33.0 Å². The van der Waals surface area contributed by atoms with Crippen molar-refractivity contribution in [1.82, 2.24) is 28.6 Å². The number of methoxy groups -OCH3 is 1. The Morgan fingerprint density at radius 2 is 1.04 bits per heavy atom. The number of aryl methyl sites for hydroxylation is 10. The van der Waals surface area contributed by atoms with Crippen LogP contribution in [0.2, 0.25) is 0 Å². The molecule has 0 saturated carbocycles. The van der Waals surface area contributed by atoms with E-state index in [9.17, 15) is 14.0 Å². The van der Waals surface area contributed by atoms with Crippen LogP contribution in [0.15, 0.2) is 15.6 Å². The predicted molar refractivity (Wildman–Crippen MR) is 437 cm³/mol. The van der Waals surface area contributed by atoms with Gasteiger partial charge in [-0.3, -0.25) is 14.6 Å². The molecule has 103 heavy (non-hydrogen) atoms. The van der Waals surface area contributed by atoms with Gasteiger partial charge in [0.1, 0.15) is 35.0 Å². The third-order valence-corrected chi connectivity index (χ3v) is 27.3. The molecule has 13 nitrogen and oxygen atoms in total. The third kappa shape index (κ3) is 13.9. The second-order valence-corrected chi connectivity index (χ2v) is 32.8. The topological polar surface area (TPSA) is 116 Å². The molecule has 0 fully saturated rings. The molecule has 1 aliphatic carbocycles. The lowest BCUT2D eigenvalue weighted by atomic mass is 9.78. The zero-order chi connectivity index (χ0) is 77.2. The largest absolute Gasteiger partial charge is 0.496 e. The van der Waals surface area contributed by atoms with Gasteiger partial charge in [-0.2, -0.15) is 0 Å². The van der Waals surface area contributed by atoms with E-state index in [1.807, 2.05) is 37.4 Å². The molecule has 0 saturated heterocycles. The first-order valence-corrected chi connectivity index (χ1v) is 39.4. The fraction of sp³-hybridized carbons (Fsp3) is 0.535. The Morgan fingerprint density at radius 3 is 1.52 bits per heavy atom. The van der Waals surface area contributed by atoms with Crippen LogP contribution >= 0.6 is 35.1 Å². The number of ether oxygens (including phenoxy) is 2. The number of alkyl halides is 1. The monoisotopic (exact) mass is 1460 g/mol. The Morgan fingerprint density at radius 1 is 0.534 bits per heavy atom. The predicted octanol–water partition coefficient (Wildman–Crippen LogP) is 22.4. The van der Waals surface area contributed by atoms with Crippen molar-refractivity contribution in [3.8, 4) is 22.9 Å². The summed E-state index contributed by atoms with van der Waals surface area (Å²) in [5, 5.41) is 3.11. The number of amides is 2. The first-order chi connectivity index (χ1) is 48.3. The van der Waals surface area contributed by atoms with Crippen molar-refractivity contribution in [2.75, 3.05) is 25.1 Å². The molecule has 5 aromatic carbocycles. The summed E-state index contributed by atoms with van der Waals surface area (Å²) in [4.78, 5) is 48.1. The Balaban J connectivity index is 0.000000165. The van der Waals surface area contributed by atoms with Crippen LogP contribution in [0.1, 0.15) is 206 Å². The average molecular weight is 1460 g/mol. The van der Waals surface area contributed by atoms with Crippen LogP contribution in [0.25, 0.3) is 49.2 Å². The molecule has 17 heteroatoms. The molecule has 12 rings (SSSR count). The number of aromatic nitrogens is 5. The van der Waals surface area contributed by atoms with E-state index in [0.717, 1.165) is 77.0 Å². The molecule has 8 aromatic rings. The minimum atomic E-state index is -0.514. The Labute approximate surface area is 629 Å². The first kappa shape index (κ1) is 81.6. The number of benzene rings is 5. The van der Waals surface area contributed by atoms with Crippen molar-refractivity contribution in [3.63, 3.8) is 0 Å². The molecule has 0 N–H and O–H groups in total. The number of hydrogen-bond acceptors (Lipinski definition) is 9. The molecular formula is C86H117ClFN9O4S2. The van der Waals surface area contributed by atoms with Crippen LogP contribution in [0.5, 0.6) is 11.5 Å². The molecule has 8 unspecified atom stereocenters. The fourth-order valence-electron chi connectivity index (χ4n) is 16.4. The zero-order valence-corrected chi connectivity index (χ0v) is 70.8. The fourth-order valence-corrected chi connectivity index (χ4v) is 19.2. The quantitative estimate of drug-likeness (QED) is 0.109. The average Bonchev–Trinajstić information content (AvgIpc) is 1.66. The number of carbonyl (C=O) groups excluding carboxylic acids is 2. The molecular weight excluding hydrogens is 1340 g/mol. The first-order valence-electron chi connectivity index (χ1n) is 37.2. The number of carbonyl (C=O) groups is 2. The van der Waals surface area contributed by atoms with Crippen LogP contribution in [0.4, 0.5) is 15.8 Å². The van der Waals surface area contributed by atoms with Gasteiger partial charge in [0, 0.05) is 88.1 Å². The summed E-state index contributed by atoms with van der Waals surface area (Å²) >= 11 is 10.1. The van der Waals surface area contributed by atoms with E-state index in [4.69, 9.17) is 42.6 Å². The van der Waals surface area contributed by atoms with Gasteiger partial charge in [0.05, 0.1) is 51.7 Å². The van der Waals surface area contributed by atoms with Gasteiger partial charge in [-0.25, -0.2) is 19.2 Å². The molecule has 3 aromatic heterocycles. The smallest absolute Gasteiger partial charge is 0.267 e. The minimum absolute atomic E-state index is 0.0237. The highest BCUT2D eigenvalue weighted by molar-refractivity contribution is 8.14. The second kappa shape index (κ2) is 31.9. The van der Waals surface area contributed by atoms with Gasteiger partial charge in [0.15, 0.2) is 11.8 Å². The van der Waals surface area contributed by atoms with Crippen molar-refractivity contribution < 1.29 is 23.5 Å². The number of rotatable bonds is 8. The van der Waals surface area contributed by atoms with Crippen molar-refractivity contribution in [1.29, 1.82) is 0 Å². The number of anilines is 1. The van der Waals surface area contributed by atoms with Crippen LogP contribution in [-0.4, -0.2) is 87.6 Å². The number of imidazole rings is 2. The molecule has 2 amide bonds. The third-order valence-electron chi connectivity index (χ3n) is 24.0. The number of hydrogen-bond donors (Lipinski definition) is 0. The molecule has 0 spiro atoms. The number of aliphatic imine (C=N–C) groups is 1. The van der Waals surface area contributed by atoms with Gasteiger partial charge in [-0.1, -0.05) is 27.7 Å². The Bertz CT molecular complexity index is 4800. The number of likely N-dealkylation sites (N-methyl/N-ethyl adjacent to an activating group) is 1. The van der Waals surface area contributed by atoms with Crippen LogP contribution in [0.3, 0.4) is 0 Å². The van der Waals surface area contributed by atoms with Crippen molar-refractivity contribution in [2.24, 2.45) is 22.7 Å². The number of allylic oxidation sites excluding steroid dienone is 2. The summed E-state index contributed by atoms with van der Waals surface area (Å²) in [5.74, 6) is 4.85. The maximum absolute atomic E-state index is 14.1. The van der Waals surface area contributed by atoms with Gasteiger partial charge in [-0.05, 0) is 305 Å². The van der Waals surface area contributed by atoms with E-state index in [2.05, 4.69) is 199 Å². The second-order valence-electron chi connectivity index (χ2n) is 29.3. The lowest BCUT2D eigenvalue weighted by Crippen LogP contribution is -2.47. The Kier molecular flexibility index (Phi) is 25.3. The van der Waals surface area contributed by atoms with Gasteiger partial charge >= 0.3 is 0 Å². The van der Waals surface area contributed by atoms with Crippen LogP contribution in [0, 0.1) is 169 Å². The summed E-state index contributed by atoms with van der Waals surface area (Å²) < 4.78 is 32.6. The SMILES string of the molecule is CCN1C(=O)C(C)Oc2c(C)c(C)c(F)c(C)c21.CCN1C(=O)C(C)SC2=C1C(C)C(C)C(Cl)C2C.CCn1c(-c2c(C)c(C)c(OC)c(C)c2C)nc2c(C)c(C)c(C)c(C)c21.CCn1c(C2N=C(C)SC2C)nc2c(C)c(C)c(C)c(C)c21.[C-]#[N+]c1c(C)c(C)c2c(c1C)c(C)c(C)n2CC. The van der Waals surface area contributed by atoms with E-state index in [0.29, 0.717) is 52.1 Å². The highest BCUT2D eigenvalue weighted by Gasteiger charge is 2.45. The van der Waals surface area contributed by atoms with E-state index in [1.54, 1.807) is 44.5 Å². The molecule has 0 bridgehead atoms. The molecule has 556 valence electrons. The highest BCUT2D eigenvalue weighted by atomic mass is 35.5. The van der Waals surface area contributed by atoms with Crippen LogP contribution < -0.4 is 14.4 Å². The minimum Gasteiger partial charge on any atom is -0.496 e. The van der Waals surface area contributed by atoms with E-state index < -0.39 is 6.10 Å². The molecule has 4 aliphatic rings. The summed E-state index contributed by atoms with van der Waals surface area (Å²) in [6.07, 6.45) is -0.514. The van der Waals surface area contributed by atoms with E-state index >= 15 is 0 Å². The van der Waals surface area contributed by atoms with Crippen LogP contribution in [-0.2, 0) is 29.2 Å². The molecule has 3 aliphatic heterocycles. The highest BCUT2D eigenvalue weighted by Crippen LogP contribution is 2.51. The van der Waals surface area contributed by atoms with E-state index in [-0.39, 0.29) is 34.3 Å².